The summed E-state index contributed by atoms with van der Waals surface area (Å²) in [6.45, 7) is 9.63. The van der Waals surface area contributed by atoms with Gasteiger partial charge in [-0.25, -0.2) is 14.6 Å². The van der Waals surface area contributed by atoms with E-state index in [-0.39, 0.29) is 37.0 Å². The summed E-state index contributed by atoms with van der Waals surface area (Å²) in [5.41, 5.74) is 0.961. The van der Waals surface area contributed by atoms with E-state index in [4.69, 9.17) is 19.2 Å². The second kappa shape index (κ2) is 13.5. The van der Waals surface area contributed by atoms with E-state index in [1.54, 1.807) is 0 Å². The van der Waals surface area contributed by atoms with Crippen LogP contribution in [0.4, 0.5) is 4.79 Å². The van der Waals surface area contributed by atoms with Gasteiger partial charge in [0.2, 0.25) is 11.8 Å². The second-order valence-electron chi connectivity index (χ2n) is 15.1. The fraction of sp³-hybridized carbons (Fsp3) is 0.667. The molecule has 2 N–H and O–H groups in total. The number of aliphatic carboxylic acids is 1. The van der Waals surface area contributed by atoms with Crippen molar-refractivity contribution in [1.82, 2.24) is 20.1 Å². The number of nitrogens with one attached hydrogen (secondary N) is 1. The molecule has 3 fully saturated rings. The van der Waals surface area contributed by atoms with Crippen molar-refractivity contribution in [2.45, 2.75) is 109 Å². The standard InChI is InChI=1S/C36H50N4O7/c1-21-24-11-7-6-8-13-26-30(45-22-15-17-39(5)18-16-22)25-12-9-10-14-27(25)37-32(26)46-23-19-28(34(42)43)40(20-23)33(41)31(36(2,3)4)38-35(44)47-29(21)24/h9-10,12,14,21-24,28-29,31H,6-8,11,13,15-20H2,1-5H3,(H,38,44)(H,42,43)/t21?,23-,24-,28+,29-,31-/m1/s1. The number of piperidine rings is 1. The number of aromatic nitrogens is 1. The van der Waals surface area contributed by atoms with Crippen molar-refractivity contribution in [2.24, 2.45) is 17.3 Å². The van der Waals surface area contributed by atoms with Gasteiger partial charge in [-0.1, -0.05) is 52.7 Å². The summed E-state index contributed by atoms with van der Waals surface area (Å²) >= 11 is 0. The van der Waals surface area contributed by atoms with Crippen LogP contribution in [-0.2, 0) is 20.7 Å². The SMILES string of the molecule is CC1[C@H]2CCCCCc3c(nc4ccccc4c3OC3CCN(C)CC3)O[C@@H]3C[C@@H](C(=O)O)N(C3)C(=O)[C@H](C(C)(C)C)NC(=O)O[C@H]12. The van der Waals surface area contributed by atoms with Crippen molar-refractivity contribution in [3.05, 3.63) is 29.8 Å². The molecule has 256 valence electrons. The third-order valence-corrected chi connectivity index (χ3v) is 10.5. The Morgan fingerprint density at radius 1 is 1.06 bits per heavy atom. The largest absolute Gasteiger partial charge is 0.489 e. The highest BCUT2D eigenvalue weighted by molar-refractivity contribution is 5.91. The zero-order chi connectivity index (χ0) is 33.5. The number of carbonyl (C=O) groups is 3. The van der Waals surface area contributed by atoms with Crippen LogP contribution >= 0.6 is 0 Å². The lowest BCUT2D eigenvalue weighted by molar-refractivity contribution is -0.150. The maximum atomic E-state index is 14.1. The van der Waals surface area contributed by atoms with Gasteiger partial charge in [0, 0.05) is 30.8 Å². The molecule has 1 aromatic heterocycles. The number of benzene rings is 1. The second-order valence-corrected chi connectivity index (χ2v) is 15.1. The smallest absolute Gasteiger partial charge is 0.408 e. The Kier molecular flexibility index (Phi) is 9.56. The average Bonchev–Trinajstić information content (AvgIpc) is 3.40. The van der Waals surface area contributed by atoms with Gasteiger partial charge in [0.15, 0.2) is 0 Å². The van der Waals surface area contributed by atoms with Crippen molar-refractivity contribution in [3.8, 4) is 11.6 Å². The highest BCUT2D eigenvalue weighted by atomic mass is 16.6. The number of alkyl carbamates (subject to hydrolysis) is 1. The number of likely N-dealkylation sites (tertiary alicyclic amines) is 1. The van der Waals surface area contributed by atoms with Gasteiger partial charge in [-0.05, 0) is 62.6 Å². The van der Waals surface area contributed by atoms with E-state index in [9.17, 15) is 19.5 Å². The van der Waals surface area contributed by atoms with Crippen LogP contribution in [0.2, 0.25) is 0 Å². The maximum absolute atomic E-state index is 14.1. The van der Waals surface area contributed by atoms with E-state index in [0.717, 1.165) is 73.8 Å². The molecule has 3 aliphatic heterocycles. The first-order valence-electron chi connectivity index (χ1n) is 17.3. The summed E-state index contributed by atoms with van der Waals surface area (Å²) in [5.74, 6) is 0.201. The molecule has 11 nitrogen and oxygen atoms in total. The molecule has 4 aliphatic rings. The van der Waals surface area contributed by atoms with Crippen LogP contribution in [0.5, 0.6) is 11.6 Å². The molecule has 2 saturated heterocycles. The summed E-state index contributed by atoms with van der Waals surface area (Å²) in [6, 6.07) is 5.84. The molecule has 11 heteroatoms. The number of rotatable bonds is 3. The Balaban J connectivity index is 1.37. The minimum absolute atomic E-state index is 0.0555. The Labute approximate surface area is 277 Å². The van der Waals surface area contributed by atoms with Crippen LogP contribution in [0, 0.1) is 17.3 Å². The lowest BCUT2D eigenvalue weighted by Crippen LogP contribution is -2.57. The van der Waals surface area contributed by atoms with Crippen molar-refractivity contribution >= 4 is 28.9 Å². The Morgan fingerprint density at radius 3 is 2.53 bits per heavy atom. The van der Waals surface area contributed by atoms with Gasteiger partial charge in [0.25, 0.3) is 0 Å². The predicted octanol–water partition coefficient (Wildman–Crippen LogP) is 5.03. The van der Waals surface area contributed by atoms with Gasteiger partial charge in [0.05, 0.1) is 17.6 Å². The van der Waals surface area contributed by atoms with E-state index in [2.05, 4.69) is 24.2 Å². The van der Waals surface area contributed by atoms with Gasteiger partial charge in [-0.2, -0.15) is 0 Å². The molecule has 4 heterocycles. The Hall–Kier alpha value is -3.60. The van der Waals surface area contributed by atoms with E-state index >= 15 is 0 Å². The lowest BCUT2D eigenvalue weighted by atomic mass is 9.85. The van der Waals surface area contributed by atoms with Gasteiger partial charge in [0.1, 0.15) is 36.1 Å². The van der Waals surface area contributed by atoms with E-state index < -0.39 is 41.6 Å². The van der Waals surface area contributed by atoms with Gasteiger partial charge < -0.3 is 34.4 Å². The number of hydrogen-bond acceptors (Lipinski definition) is 8. The van der Waals surface area contributed by atoms with E-state index in [1.807, 2.05) is 45.0 Å². The Bertz CT molecular complexity index is 1480. The van der Waals surface area contributed by atoms with Gasteiger partial charge in [-0.15, -0.1) is 0 Å². The number of pyridine rings is 1. The molecule has 1 aromatic carbocycles. The summed E-state index contributed by atoms with van der Waals surface area (Å²) < 4.78 is 19.3. The molecule has 2 bridgehead atoms. The molecule has 1 unspecified atom stereocenters. The van der Waals surface area contributed by atoms with Crippen molar-refractivity contribution in [3.63, 3.8) is 0 Å². The number of fused-ring (bicyclic) bond motifs is 5. The number of carboxylic acids is 1. The first kappa shape index (κ1) is 33.3. The average molecular weight is 651 g/mol. The minimum atomic E-state index is -1.11. The highest BCUT2D eigenvalue weighted by Gasteiger charge is 2.51. The fourth-order valence-electron chi connectivity index (χ4n) is 7.52. The molecule has 47 heavy (non-hydrogen) atoms. The third-order valence-electron chi connectivity index (χ3n) is 10.5. The number of carboxylic acid groups (broad SMARTS) is 1. The molecular weight excluding hydrogens is 600 g/mol. The fourth-order valence-corrected chi connectivity index (χ4v) is 7.52. The molecular formula is C36H50N4O7. The molecule has 1 saturated carbocycles. The van der Waals surface area contributed by atoms with Crippen LogP contribution in [0.3, 0.4) is 0 Å². The van der Waals surface area contributed by atoms with Crippen LogP contribution in [0.15, 0.2) is 24.3 Å². The molecule has 0 spiro atoms. The molecule has 1 aliphatic carbocycles. The summed E-state index contributed by atoms with van der Waals surface area (Å²) in [6.07, 6.45) is 5.12. The summed E-state index contributed by atoms with van der Waals surface area (Å²) in [4.78, 5) is 48.3. The van der Waals surface area contributed by atoms with Crippen LogP contribution < -0.4 is 14.8 Å². The first-order valence-corrected chi connectivity index (χ1v) is 17.3. The van der Waals surface area contributed by atoms with Crippen LogP contribution in [0.25, 0.3) is 10.9 Å². The predicted molar refractivity (Wildman–Crippen MR) is 177 cm³/mol. The number of nitrogens with zero attached hydrogens (tertiary/aromatic N) is 3. The first-order chi connectivity index (χ1) is 22.4. The molecule has 2 amide bonds. The molecule has 6 atom stereocenters. The lowest BCUT2D eigenvalue weighted by Gasteiger charge is -2.34. The number of amides is 2. The Morgan fingerprint density at radius 2 is 1.81 bits per heavy atom. The van der Waals surface area contributed by atoms with Crippen molar-refractivity contribution in [2.75, 3.05) is 26.7 Å². The van der Waals surface area contributed by atoms with E-state index in [1.165, 1.54) is 4.90 Å². The zero-order valence-corrected chi connectivity index (χ0v) is 28.4. The summed E-state index contributed by atoms with van der Waals surface area (Å²) in [7, 11) is 2.13. The quantitative estimate of drug-likeness (QED) is 0.470. The van der Waals surface area contributed by atoms with Crippen molar-refractivity contribution in [1.29, 1.82) is 0 Å². The van der Waals surface area contributed by atoms with Gasteiger partial charge in [-0.3, -0.25) is 4.79 Å². The van der Waals surface area contributed by atoms with E-state index in [0.29, 0.717) is 12.3 Å². The molecule has 0 radical (unpaired) electrons. The molecule has 2 aromatic rings. The van der Waals surface area contributed by atoms with Crippen molar-refractivity contribution < 1.29 is 33.7 Å². The normalized spacial score (nSPS) is 29.9. The number of ether oxygens (including phenoxy) is 3. The number of carbonyl (C=O) groups excluding carboxylic acids is 2. The zero-order valence-electron chi connectivity index (χ0n) is 28.4. The van der Waals surface area contributed by atoms with Crippen LogP contribution in [0.1, 0.15) is 78.2 Å². The summed E-state index contributed by atoms with van der Waals surface area (Å²) in [5, 5.41) is 14.0. The highest BCUT2D eigenvalue weighted by Crippen LogP contribution is 2.45. The third kappa shape index (κ3) is 7.29. The van der Waals surface area contributed by atoms with Crippen LogP contribution in [-0.4, -0.2) is 94.9 Å². The number of hydrogen-bond donors (Lipinski definition) is 2. The minimum Gasteiger partial charge on any atom is -0.489 e. The topological polar surface area (TPSA) is 131 Å². The maximum Gasteiger partial charge on any atom is 0.408 e. The monoisotopic (exact) mass is 650 g/mol. The van der Waals surface area contributed by atoms with Gasteiger partial charge >= 0.3 is 12.1 Å². The molecule has 6 rings (SSSR count). The number of para-hydroxylation sites is 1.